The van der Waals surface area contributed by atoms with E-state index in [0.717, 1.165) is 19.2 Å². The summed E-state index contributed by atoms with van der Waals surface area (Å²) in [6.07, 6.45) is -4.38. The lowest BCUT2D eigenvalue weighted by Gasteiger charge is -2.38. The van der Waals surface area contributed by atoms with Crippen LogP contribution >= 0.6 is 0 Å². The average Bonchev–Trinajstić information content (AvgIpc) is 3.23. The second-order valence-electron chi connectivity index (χ2n) is 8.09. The molecule has 0 aromatic heterocycles. The lowest BCUT2D eigenvalue weighted by molar-refractivity contribution is -0.137. The third kappa shape index (κ3) is 4.17. The van der Waals surface area contributed by atoms with Gasteiger partial charge in [0.25, 0.3) is 0 Å². The maximum absolute atomic E-state index is 13.2. The Bertz CT molecular complexity index is 907. The second-order valence-corrected chi connectivity index (χ2v) is 8.09. The fraction of sp³-hybridized carbons (Fsp3) is 0.435. The van der Waals surface area contributed by atoms with Crippen molar-refractivity contribution in [2.24, 2.45) is 5.92 Å². The summed E-state index contributed by atoms with van der Waals surface area (Å²) in [5.41, 5.74) is 2.31. The first-order chi connectivity index (χ1) is 14.3. The highest BCUT2D eigenvalue weighted by Gasteiger charge is 2.38. The SMILES string of the molecule is Cc1ccccc1N1CCN(C(=O)C2CNCC2c2cccc(C(F)(F)F)c2)CC1. The highest BCUT2D eigenvalue weighted by molar-refractivity contribution is 5.81. The van der Waals surface area contributed by atoms with Crippen molar-refractivity contribution >= 4 is 11.6 Å². The Morgan fingerprint density at radius 2 is 1.73 bits per heavy atom. The number of carbonyl (C=O) groups is 1. The van der Waals surface area contributed by atoms with Crippen LogP contribution in [0.25, 0.3) is 0 Å². The molecular weight excluding hydrogens is 391 g/mol. The zero-order valence-corrected chi connectivity index (χ0v) is 17.0. The van der Waals surface area contributed by atoms with Crippen molar-refractivity contribution in [1.29, 1.82) is 0 Å². The van der Waals surface area contributed by atoms with E-state index in [-0.39, 0.29) is 17.7 Å². The summed E-state index contributed by atoms with van der Waals surface area (Å²) >= 11 is 0. The zero-order chi connectivity index (χ0) is 21.3. The van der Waals surface area contributed by atoms with E-state index in [4.69, 9.17) is 0 Å². The molecule has 4 rings (SSSR count). The summed E-state index contributed by atoms with van der Waals surface area (Å²) in [7, 11) is 0. The number of amides is 1. The molecule has 2 heterocycles. The van der Waals surface area contributed by atoms with Crippen molar-refractivity contribution < 1.29 is 18.0 Å². The first kappa shape index (κ1) is 20.7. The molecule has 30 heavy (non-hydrogen) atoms. The molecule has 0 radical (unpaired) electrons. The summed E-state index contributed by atoms with van der Waals surface area (Å²) in [6, 6.07) is 13.6. The van der Waals surface area contributed by atoms with Crippen LogP contribution in [-0.2, 0) is 11.0 Å². The van der Waals surface area contributed by atoms with Gasteiger partial charge in [-0.1, -0.05) is 36.4 Å². The number of aryl methyl sites for hydroxylation is 1. The van der Waals surface area contributed by atoms with Gasteiger partial charge in [0.1, 0.15) is 0 Å². The number of rotatable bonds is 3. The minimum absolute atomic E-state index is 0.0341. The largest absolute Gasteiger partial charge is 0.416 e. The van der Waals surface area contributed by atoms with Gasteiger partial charge < -0.3 is 15.1 Å². The minimum Gasteiger partial charge on any atom is -0.368 e. The van der Waals surface area contributed by atoms with Gasteiger partial charge in [-0.2, -0.15) is 13.2 Å². The Morgan fingerprint density at radius 3 is 2.43 bits per heavy atom. The number of benzene rings is 2. The Hall–Kier alpha value is -2.54. The van der Waals surface area contributed by atoms with Gasteiger partial charge in [-0.15, -0.1) is 0 Å². The summed E-state index contributed by atoms with van der Waals surface area (Å²) in [4.78, 5) is 17.4. The van der Waals surface area contributed by atoms with E-state index in [1.54, 1.807) is 6.07 Å². The number of alkyl halides is 3. The first-order valence-corrected chi connectivity index (χ1v) is 10.3. The predicted octanol–water partition coefficient (Wildman–Crippen LogP) is 3.67. The Morgan fingerprint density at radius 1 is 1.00 bits per heavy atom. The van der Waals surface area contributed by atoms with E-state index in [1.165, 1.54) is 23.4 Å². The van der Waals surface area contributed by atoms with Gasteiger partial charge in [0.2, 0.25) is 5.91 Å². The fourth-order valence-electron chi connectivity index (χ4n) is 4.55. The minimum atomic E-state index is -4.38. The van der Waals surface area contributed by atoms with Crippen LogP contribution in [0.4, 0.5) is 18.9 Å². The topological polar surface area (TPSA) is 35.6 Å². The first-order valence-electron chi connectivity index (χ1n) is 10.3. The summed E-state index contributed by atoms with van der Waals surface area (Å²) < 4.78 is 39.3. The molecule has 1 N–H and O–H groups in total. The van der Waals surface area contributed by atoms with Gasteiger partial charge in [0, 0.05) is 50.9 Å². The van der Waals surface area contributed by atoms with E-state index >= 15 is 0 Å². The molecule has 0 aliphatic carbocycles. The van der Waals surface area contributed by atoms with Crippen molar-refractivity contribution in [3.8, 4) is 0 Å². The molecule has 2 aliphatic heterocycles. The van der Waals surface area contributed by atoms with E-state index < -0.39 is 11.7 Å². The summed E-state index contributed by atoms with van der Waals surface area (Å²) in [5.74, 6) is -0.542. The highest BCUT2D eigenvalue weighted by atomic mass is 19.4. The van der Waals surface area contributed by atoms with Crippen molar-refractivity contribution in [2.75, 3.05) is 44.2 Å². The number of para-hydroxylation sites is 1. The summed E-state index contributed by atoms with van der Waals surface area (Å²) in [6.45, 7) is 5.85. The van der Waals surface area contributed by atoms with Crippen LogP contribution in [0.2, 0.25) is 0 Å². The molecule has 160 valence electrons. The van der Waals surface area contributed by atoms with Crippen molar-refractivity contribution in [3.05, 3.63) is 65.2 Å². The van der Waals surface area contributed by atoms with Gasteiger partial charge >= 0.3 is 6.18 Å². The standard InChI is InChI=1S/C23H26F3N3O/c1-16-5-2-3-8-21(16)28-9-11-29(12-10-28)22(30)20-15-27-14-19(20)17-6-4-7-18(13-17)23(24,25)26/h2-8,13,19-20,27H,9-12,14-15H2,1H3. The van der Waals surface area contributed by atoms with E-state index in [1.807, 2.05) is 17.0 Å². The molecule has 0 spiro atoms. The quantitative estimate of drug-likeness (QED) is 0.828. The number of nitrogens with zero attached hydrogens (tertiary/aromatic N) is 2. The molecule has 0 saturated carbocycles. The molecule has 2 aromatic carbocycles. The van der Waals surface area contributed by atoms with E-state index in [9.17, 15) is 18.0 Å². The highest BCUT2D eigenvalue weighted by Crippen LogP contribution is 2.35. The van der Waals surface area contributed by atoms with Crippen LogP contribution in [0.5, 0.6) is 0 Å². The maximum Gasteiger partial charge on any atom is 0.416 e. The molecular formula is C23H26F3N3O. The van der Waals surface area contributed by atoms with Gasteiger partial charge in [-0.3, -0.25) is 4.79 Å². The lowest BCUT2D eigenvalue weighted by Crippen LogP contribution is -2.51. The lowest BCUT2D eigenvalue weighted by atomic mass is 9.87. The van der Waals surface area contributed by atoms with Gasteiger partial charge in [0.15, 0.2) is 0 Å². The van der Waals surface area contributed by atoms with Crippen LogP contribution in [0.1, 0.15) is 22.6 Å². The number of carbonyl (C=O) groups excluding carboxylic acids is 1. The maximum atomic E-state index is 13.2. The number of nitrogens with one attached hydrogen (secondary N) is 1. The van der Waals surface area contributed by atoms with Crippen LogP contribution < -0.4 is 10.2 Å². The van der Waals surface area contributed by atoms with Gasteiger partial charge in [-0.05, 0) is 30.2 Å². The van der Waals surface area contributed by atoms with Crippen molar-refractivity contribution in [1.82, 2.24) is 10.2 Å². The Labute approximate surface area is 174 Å². The Balaban J connectivity index is 1.44. The molecule has 1 amide bonds. The van der Waals surface area contributed by atoms with Gasteiger partial charge in [0.05, 0.1) is 11.5 Å². The number of hydrogen-bond donors (Lipinski definition) is 1. The molecule has 2 saturated heterocycles. The third-order valence-corrected chi connectivity index (χ3v) is 6.22. The second kappa shape index (κ2) is 8.30. The Kier molecular flexibility index (Phi) is 5.73. The van der Waals surface area contributed by atoms with E-state index in [2.05, 4.69) is 29.3 Å². The van der Waals surface area contributed by atoms with Crippen LogP contribution in [-0.4, -0.2) is 50.1 Å². The third-order valence-electron chi connectivity index (χ3n) is 6.22. The van der Waals surface area contributed by atoms with Crippen LogP contribution in [0, 0.1) is 12.8 Å². The number of piperazine rings is 1. The summed E-state index contributed by atoms with van der Waals surface area (Å²) in [5, 5.41) is 3.20. The molecule has 2 fully saturated rings. The molecule has 4 nitrogen and oxygen atoms in total. The molecule has 0 bridgehead atoms. The van der Waals surface area contributed by atoms with Crippen molar-refractivity contribution in [2.45, 2.75) is 19.0 Å². The van der Waals surface area contributed by atoms with Crippen LogP contribution in [0.3, 0.4) is 0 Å². The van der Waals surface area contributed by atoms with E-state index in [0.29, 0.717) is 31.7 Å². The molecule has 2 atom stereocenters. The fourth-order valence-corrected chi connectivity index (χ4v) is 4.55. The predicted molar refractivity (Wildman–Crippen MR) is 111 cm³/mol. The van der Waals surface area contributed by atoms with Crippen LogP contribution in [0.15, 0.2) is 48.5 Å². The monoisotopic (exact) mass is 417 g/mol. The molecule has 7 heteroatoms. The zero-order valence-electron chi connectivity index (χ0n) is 17.0. The molecule has 2 unspecified atom stereocenters. The van der Waals surface area contributed by atoms with Crippen molar-refractivity contribution in [3.63, 3.8) is 0 Å². The average molecular weight is 417 g/mol. The number of hydrogen-bond acceptors (Lipinski definition) is 3. The van der Waals surface area contributed by atoms with Gasteiger partial charge in [-0.25, -0.2) is 0 Å². The molecule has 2 aromatic rings. The number of anilines is 1. The molecule has 2 aliphatic rings. The number of halogens is 3. The smallest absolute Gasteiger partial charge is 0.368 e. The normalized spacial score (nSPS) is 22.4.